The molecule has 1 aromatic heterocycles. The van der Waals surface area contributed by atoms with Gasteiger partial charge in [-0.25, -0.2) is 9.78 Å². The predicted molar refractivity (Wildman–Crippen MR) is 65.1 cm³/mol. The van der Waals surface area contributed by atoms with E-state index in [0.29, 0.717) is 5.69 Å². The molecular weight excluding hydrogens is 265 g/mol. The molecule has 0 spiro atoms. The van der Waals surface area contributed by atoms with Crippen LogP contribution in [0.15, 0.2) is 6.20 Å². The van der Waals surface area contributed by atoms with Gasteiger partial charge in [-0.1, -0.05) is 23.2 Å². The summed E-state index contributed by atoms with van der Waals surface area (Å²) >= 11 is 11.4. The third kappa shape index (κ3) is 5.19. The molecule has 0 aliphatic rings. The van der Waals surface area contributed by atoms with E-state index in [-0.39, 0.29) is 16.9 Å². The molecule has 0 aliphatic heterocycles. The van der Waals surface area contributed by atoms with Crippen LogP contribution in [0.3, 0.4) is 0 Å². The largest absolute Gasteiger partial charge is 0.444 e. The van der Waals surface area contributed by atoms with E-state index in [4.69, 9.17) is 27.9 Å². The van der Waals surface area contributed by atoms with Crippen LogP contribution in [0.4, 0.5) is 4.79 Å². The van der Waals surface area contributed by atoms with Gasteiger partial charge in [-0.05, 0) is 20.8 Å². The second-order valence-electron chi connectivity index (χ2n) is 4.29. The monoisotopic (exact) mass is 277 g/mol. The smallest absolute Gasteiger partial charge is 0.407 e. The lowest BCUT2D eigenvalue weighted by molar-refractivity contribution is 0.0523. The average molecular weight is 278 g/mol. The topological polar surface area (TPSA) is 64.1 Å². The molecule has 0 aliphatic carbocycles. The lowest BCUT2D eigenvalue weighted by atomic mass is 10.2. The quantitative estimate of drug-likeness (QED) is 0.903. The third-order valence-electron chi connectivity index (χ3n) is 1.57. The first-order valence-electron chi connectivity index (χ1n) is 4.92. The van der Waals surface area contributed by atoms with Crippen molar-refractivity contribution in [3.8, 4) is 0 Å². The number of rotatable bonds is 2. The van der Waals surface area contributed by atoms with E-state index in [2.05, 4.69) is 15.3 Å². The van der Waals surface area contributed by atoms with Crippen LogP contribution in [0.25, 0.3) is 0 Å². The summed E-state index contributed by atoms with van der Waals surface area (Å²) in [7, 11) is 0. The first-order valence-corrected chi connectivity index (χ1v) is 5.67. The van der Waals surface area contributed by atoms with Crippen molar-refractivity contribution < 1.29 is 9.53 Å². The molecule has 0 unspecified atom stereocenters. The van der Waals surface area contributed by atoms with Gasteiger partial charge in [0.25, 0.3) is 0 Å². The predicted octanol–water partition coefficient (Wildman–Crippen LogP) is 2.81. The Labute approximate surface area is 109 Å². The van der Waals surface area contributed by atoms with Gasteiger partial charge < -0.3 is 10.1 Å². The van der Waals surface area contributed by atoms with E-state index in [0.717, 1.165) is 0 Å². The van der Waals surface area contributed by atoms with E-state index in [1.807, 2.05) is 0 Å². The summed E-state index contributed by atoms with van der Waals surface area (Å²) in [6.07, 6.45) is 0.824. The van der Waals surface area contributed by atoms with Gasteiger partial charge in [-0.15, -0.1) is 0 Å². The highest BCUT2D eigenvalue weighted by Crippen LogP contribution is 2.13. The maximum absolute atomic E-state index is 11.4. The fourth-order valence-electron chi connectivity index (χ4n) is 0.960. The zero-order valence-corrected chi connectivity index (χ0v) is 11.3. The molecule has 5 nitrogen and oxygen atoms in total. The highest BCUT2D eigenvalue weighted by Gasteiger charge is 2.16. The van der Waals surface area contributed by atoms with Gasteiger partial charge in [0, 0.05) is 0 Å². The second kappa shape index (κ2) is 5.51. The SMILES string of the molecule is CC(C)(C)OC(=O)NCc1ncc(Cl)nc1Cl. The Morgan fingerprint density at radius 2 is 2.12 bits per heavy atom. The van der Waals surface area contributed by atoms with Crippen molar-refractivity contribution in [1.82, 2.24) is 15.3 Å². The third-order valence-corrected chi connectivity index (χ3v) is 2.05. The number of carbonyl (C=O) groups is 1. The molecular formula is C10H13Cl2N3O2. The van der Waals surface area contributed by atoms with Crippen LogP contribution in [0.2, 0.25) is 10.3 Å². The molecule has 1 amide bonds. The molecule has 1 N–H and O–H groups in total. The Hall–Kier alpha value is -1.07. The van der Waals surface area contributed by atoms with Gasteiger partial charge >= 0.3 is 6.09 Å². The van der Waals surface area contributed by atoms with Crippen molar-refractivity contribution in [2.45, 2.75) is 32.9 Å². The summed E-state index contributed by atoms with van der Waals surface area (Å²) in [6.45, 7) is 5.48. The molecule has 0 atom stereocenters. The maximum atomic E-state index is 11.4. The van der Waals surface area contributed by atoms with Crippen molar-refractivity contribution in [2.24, 2.45) is 0 Å². The molecule has 0 radical (unpaired) electrons. The van der Waals surface area contributed by atoms with Crippen molar-refractivity contribution in [3.63, 3.8) is 0 Å². The summed E-state index contributed by atoms with van der Waals surface area (Å²) in [5.41, 5.74) is -0.110. The Bertz CT molecular complexity index is 419. The molecule has 0 saturated heterocycles. The van der Waals surface area contributed by atoms with Gasteiger partial charge in [0.05, 0.1) is 18.4 Å². The minimum atomic E-state index is -0.542. The number of alkyl carbamates (subject to hydrolysis) is 1. The Morgan fingerprint density at radius 3 is 2.65 bits per heavy atom. The van der Waals surface area contributed by atoms with E-state index in [1.54, 1.807) is 20.8 Å². The molecule has 1 heterocycles. The fourth-order valence-corrected chi connectivity index (χ4v) is 1.34. The van der Waals surface area contributed by atoms with E-state index in [9.17, 15) is 4.79 Å². The van der Waals surface area contributed by atoms with Crippen LogP contribution >= 0.6 is 23.2 Å². The number of hydrogen-bond donors (Lipinski definition) is 1. The number of nitrogens with one attached hydrogen (secondary N) is 1. The van der Waals surface area contributed by atoms with Gasteiger partial charge in [-0.2, -0.15) is 0 Å². The molecule has 17 heavy (non-hydrogen) atoms. The van der Waals surface area contributed by atoms with Gasteiger partial charge in [0.1, 0.15) is 10.8 Å². The molecule has 94 valence electrons. The summed E-state index contributed by atoms with van der Waals surface area (Å²) < 4.78 is 5.06. The van der Waals surface area contributed by atoms with Crippen molar-refractivity contribution in [2.75, 3.05) is 0 Å². The highest BCUT2D eigenvalue weighted by molar-refractivity contribution is 6.32. The van der Waals surface area contributed by atoms with Gasteiger partial charge in [-0.3, -0.25) is 4.98 Å². The van der Waals surface area contributed by atoms with Crippen LogP contribution in [-0.2, 0) is 11.3 Å². The molecule has 0 aromatic carbocycles. The van der Waals surface area contributed by atoms with Crippen LogP contribution in [0, 0.1) is 0 Å². The first-order chi connectivity index (χ1) is 7.78. The van der Waals surface area contributed by atoms with Crippen LogP contribution in [0.5, 0.6) is 0 Å². The molecule has 7 heteroatoms. The zero-order chi connectivity index (χ0) is 13.1. The van der Waals surface area contributed by atoms with Gasteiger partial charge in [0.2, 0.25) is 0 Å². The number of amides is 1. The number of halogens is 2. The van der Waals surface area contributed by atoms with Crippen LogP contribution < -0.4 is 5.32 Å². The normalized spacial score (nSPS) is 11.1. The maximum Gasteiger partial charge on any atom is 0.407 e. The number of aromatic nitrogens is 2. The highest BCUT2D eigenvalue weighted by atomic mass is 35.5. The summed E-state index contributed by atoms with van der Waals surface area (Å²) in [5, 5.41) is 2.89. The van der Waals surface area contributed by atoms with Crippen molar-refractivity contribution >= 4 is 29.3 Å². The number of nitrogens with zero attached hydrogens (tertiary/aromatic N) is 2. The Morgan fingerprint density at radius 1 is 1.47 bits per heavy atom. The minimum absolute atomic E-state index is 0.137. The Kier molecular flexibility index (Phi) is 4.54. The minimum Gasteiger partial charge on any atom is -0.444 e. The second-order valence-corrected chi connectivity index (χ2v) is 5.03. The molecule has 0 saturated carbocycles. The lowest BCUT2D eigenvalue weighted by Crippen LogP contribution is -2.32. The molecule has 0 fully saturated rings. The number of ether oxygens (including phenoxy) is 1. The Balaban J connectivity index is 2.53. The zero-order valence-electron chi connectivity index (χ0n) is 9.75. The van der Waals surface area contributed by atoms with Gasteiger partial charge in [0.15, 0.2) is 5.15 Å². The first kappa shape index (κ1) is 14.0. The van der Waals surface area contributed by atoms with E-state index in [1.165, 1.54) is 6.20 Å². The number of hydrogen-bond acceptors (Lipinski definition) is 4. The fraction of sp³-hybridized carbons (Fsp3) is 0.500. The van der Waals surface area contributed by atoms with Crippen LogP contribution in [-0.4, -0.2) is 21.7 Å². The van der Waals surface area contributed by atoms with Crippen molar-refractivity contribution in [1.29, 1.82) is 0 Å². The van der Waals surface area contributed by atoms with Crippen molar-refractivity contribution in [3.05, 3.63) is 22.2 Å². The standard InChI is InChI=1S/C10H13Cl2N3O2/c1-10(2,3)17-9(16)14-4-6-8(12)15-7(11)5-13-6/h5H,4H2,1-3H3,(H,14,16). The molecule has 1 aromatic rings. The van der Waals surface area contributed by atoms with E-state index < -0.39 is 11.7 Å². The van der Waals surface area contributed by atoms with Crippen LogP contribution in [0.1, 0.15) is 26.5 Å². The summed E-state index contributed by atoms with van der Waals surface area (Å²) in [6, 6.07) is 0. The number of carbonyl (C=O) groups excluding carboxylic acids is 1. The molecule has 1 rings (SSSR count). The molecule has 0 bridgehead atoms. The van der Waals surface area contributed by atoms with E-state index >= 15 is 0 Å². The summed E-state index contributed by atoms with van der Waals surface area (Å²) in [5.74, 6) is 0. The summed E-state index contributed by atoms with van der Waals surface area (Å²) in [4.78, 5) is 19.1. The lowest BCUT2D eigenvalue weighted by Gasteiger charge is -2.19. The average Bonchev–Trinajstić information content (AvgIpc) is 2.13.